The van der Waals surface area contributed by atoms with Gasteiger partial charge in [-0.1, -0.05) is 12.1 Å². The van der Waals surface area contributed by atoms with Crippen molar-refractivity contribution in [2.75, 3.05) is 11.9 Å². The van der Waals surface area contributed by atoms with E-state index in [2.05, 4.69) is 15.3 Å². The molecule has 19 heavy (non-hydrogen) atoms. The number of hydrogen-bond donors (Lipinski definition) is 1. The van der Waals surface area contributed by atoms with Crippen molar-refractivity contribution in [1.82, 2.24) is 9.97 Å². The van der Waals surface area contributed by atoms with E-state index >= 15 is 0 Å². The van der Waals surface area contributed by atoms with Crippen LogP contribution in [0.4, 0.5) is 11.5 Å². The van der Waals surface area contributed by atoms with Gasteiger partial charge in [0.15, 0.2) is 0 Å². The molecule has 6 nitrogen and oxygen atoms in total. The molecule has 0 amide bonds. The minimum absolute atomic E-state index is 0.114. The Balaban J connectivity index is 1.87. The molecule has 0 aliphatic rings. The van der Waals surface area contributed by atoms with Crippen molar-refractivity contribution in [3.05, 3.63) is 58.0 Å². The van der Waals surface area contributed by atoms with Gasteiger partial charge in [0.25, 0.3) is 5.69 Å². The second-order valence-electron chi connectivity index (χ2n) is 4.14. The monoisotopic (exact) mass is 258 g/mol. The van der Waals surface area contributed by atoms with Gasteiger partial charge in [-0.15, -0.1) is 0 Å². The fourth-order valence-corrected chi connectivity index (χ4v) is 1.67. The minimum atomic E-state index is -0.397. The Morgan fingerprint density at radius 1 is 1.26 bits per heavy atom. The van der Waals surface area contributed by atoms with E-state index in [4.69, 9.17) is 0 Å². The second-order valence-corrected chi connectivity index (χ2v) is 4.14. The van der Waals surface area contributed by atoms with Crippen molar-refractivity contribution in [1.29, 1.82) is 0 Å². The maximum absolute atomic E-state index is 10.5. The first-order valence-electron chi connectivity index (χ1n) is 5.91. The summed E-state index contributed by atoms with van der Waals surface area (Å²) in [5.41, 5.74) is 2.07. The molecule has 98 valence electrons. The molecule has 0 aliphatic carbocycles. The fraction of sp³-hybridized carbons (Fsp3) is 0.231. The van der Waals surface area contributed by atoms with Crippen molar-refractivity contribution in [2.45, 2.75) is 13.3 Å². The van der Waals surface area contributed by atoms with Crippen molar-refractivity contribution < 1.29 is 4.92 Å². The van der Waals surface area contributed by atoms with Gasteiger partial charge in [0.2, 0.25) is 0 Å². The predicted molar refractivity (Wildman–Crippen MR) is 72.1 cm³/mol. The van der Waals surface area contributed by atoms with Gasteiger partial charge < -0.3 is 5.32 Å². The zero-order valence-corrected chi connectivity index (χ0v) is 10.5. The van der Waals surface area contributed by atoms with Crippen LogP contribution < -0.4 is 5.32 Å². The number of nitro groups is 1. The van der Waals surface area contributed by atoms with E-state index in [0.29, 0.717) is 6.54 Å². The molecule has 1 N–H and O–H groups in total. The topological polar surface area (TPSA) is 81.0 Å². The highest BCUT2D eigenvalue weighted by Crippen LogP contribution is 2.12. The van der Waals surface area contributed by atoms with E-state index in [9.17, 15) is 10.1 Å². The van der Waals surface area contributed by atoms with Gasteiger partial charge >= 0.3 is 0 Å². The van der Waals surface area contributed by atoms with Crippen LogP contribution in [0.2, 0.25) is 0 Å². The Hall–Kier alpha value is -2.50. The molecule has 0 unspecified atom stereocenters. The van der Waals surface area contributed by atoms with E-state index in [-0.39, 0.29) is 5.69 Å². The molecule has 0 bridgehead atoms. The molecule has 0 aliphatic heterocycles. The zero-order valence-electron chi connectivity index (χ0n) is 10.5. The average molecular weight is 258 g/mol. The molecule has 0 saturated heterocycles. The summed E-state index contributed by atoms with van der Waals surface area (Å²) in [4.78, 5) is 18.2. The van der Waals surface area contributed by atoms with Gasteiger partial charge in [-0.05, 0) is 18.9 Å². The second kappa shape index (κ2) is 5.90. The van der Waals surface area contributed by atoms with E-state index < -0.39 is 4.92 Å². The van der Waals surface area contributed by atoms with Gasteiger partial charge in [0.1, 0.15) is 12.1 Å². The lowest BCUT2D eigenvalue weighted by molar-refractivity contribution is -0.384. The standard InChI is InChI=1S/C13H14N4O2/c1-10-8-13(16-9-15-10)14-7-6-11-2-4-12(5-3-11)17(18)19/h2-5,8-9H,6-7H2,1H3,(H,14,15,16). The molecule has 0 radical (unpaired) electrons. The van der Waals surface area contributed by atoms with Crippen molar-refractivity contribution in [3.8, 4) is 0 Å². The van der Waals surface area contributed by atoms with Crippen LogP contribution in [-0.2, 0) is 6.42 Å². The van der Waals surface area contributed by atoms with E-state index in [1.54, 1.807) is 12.1 Å². The molecule has 0 atom stereocenters. The van der Waals surface area contributed by atoms with Gasteiger partial charge in [-0.25, -0.2) is 9.97 Å². The summed E-state index contributed by atoms with van der Waals surface area (Å²) in [6.45, 7) is 2.62. The molecule has 1 aromatic heterocycles. The van der Waals surface area contributed by atoms with Crippen molar-refractivity contribution in [3.63, 3.8) is 0 Å². The summed E-state index contributed by atoms with van der Waals surface area (Å²) < 4.78 is 0. The Kier molecular flexibility index (Phi) is 4.02. The summed E-state index contributed by atoms with van der Waals surface area (Å²) in [5.74, 6) is 0.786. The maximum Gasteiger partial charge on any atom is 0.269 e. The number of nitrogens with one attached hydrogen (secondary N) is 1. The van der Waals surface area contributed by atoms with Crippen LogP contribution in [0.5, 0.6) is 0 Å². The largest absolute Gasteiger partial charge is 0.370 e. The lowest BCUT2D eigenvalue weighted by Crippen LogP contribution is -2.06. The van der Waals surface area contributed by atoms with Crippen LogP contribution in [0.25, 0.3) is 0 Å². The highest BCUT2D eigenvalue weighted by molar-refractivity contribution is 5.36. The molecular weight excluding hydrogens is 244 g/mol. The van der Waals surface area contributed by atoms with E-state index in [1.165, 1.54) is 18.5 Å². The van der Waals surface area contributed by atoms with E-state index in [1.807, 2.05) is 13.0 Å². The Bertz CT molecular complexity index is 569. The van der Waals surface area contributed by atoms with Gasteiger partial charge in [0.05, 0.1) is 4.92 Å². The SMILES string of the molecule is Cc1cc(NCCc2ccc([N+](=O)[O-])cc2)ncn1. The third-order valence-corrected chi connectivity index (χ3v) is 2.67. The van der Waals surface area contributed by atoms with Crippen LogP contribution in [0, 0.1) is 17.0 Å². The highest BCUT2D eigenvalue weighted by atomic mass is 16.6. The number of aryl methyl sites for hydroxylation is 1. The molecule has 2 rings (SSSR count). The normalized spacial score (nSPS) is 10.2. The van der Waals surface area contributed by atoms with Crippen LogP contribution >= 0.6 is 0 Å². The summed E-state index contributed by atoms with van der Waals surface area (Å²) in [7, 11) is 0. The van der Waals surface area contributed by atoms with Crippen LogP contribution in [0.15, 0.2) is 36.7 Å². The molecular formula is C13H14N4O2. The molecule has 1 heterocycles. The minimum Gasteiger partial charge on any atom is -0.370 e. The Morgan fingerprint density at radius 2 is 2.00 bits per heavy atom. The summed E-state index contributed by atoms with van der Waals surface area (Å²) in [6, 6.07) is 8.44. The number of hydrogen-bond acceptors (Lipinski definition) is 5. The quantitative estimate of drug-likeness (QED) is 0.657. The van der Waals surface area contributed by atoms with Crippen molar-refractivity contribution in [2.24, 2.45) is 0 Å². The molecule has 0 saturated carbocycles. The Labute approximate surface area is 110 Å². The lowest BCUT2D eigenvalue weighted by Gasteiger charge is -2.05. The zero-order chi connectivity index (χ0) is 13.7. The first kappa shape index (κ1) is 12.9. The number of rotatable bonds is 5. The Morgan fingerprint density at radius 3 is 2.63 bits per heavy atom. The van der Waals surface area contributed by atoms with Gasteiger partial charge in [-0.3, -0.25) is 10.1 Å². The fourth-order valence-electron chi connectivity index (χ4n) is 1.67. The predicted octanol–water partition coefficient (Wildman–Crippen LogP) is 2.35. The van der Waals surface area contributed by atoms with Gasteiger partial charge in [-0.2, -0.15) is 0 Å². The summed E-state index contributed by atoms with van der Waals surface area (Å²) in [6.07, 6.45) is 2.30. The maximum atomic E-state index is 10.5. The molecule has 2 aromatic rings. The molecule has 1 aromatic carbocycles. The first-order chi connectivity index (χ1) is 9.15. The van der Waals surface area contributed by atoms with Crippen LogP contribution in [0.3, 0.4) is 0 Å². The number of nitro benzene ring substituents is 1. The lowest BCUT2D eigenvalue weighted by atomic mass is 10.1. The van der Waals surface area contributed by atoms with Crippen LogP contribution in [0.1, 0.15) is 11.3 Å². The van der Waals surface area contributed by atoms with Crippen molar-refractivity contribution >= 4 is 11.5 Å². The number of non-ortho nitro benzene ring substituents is 1. The number of aromatic nitrogens is 2. The molecule has 0 spiro atoms. The smallest absolute Gasteiger partial charge is 0.269 e. The summed E-state index contributed by atoms with van der Waals surface area (Å²) >= 11 is 0. The first-order valence-corrected chi connectivity index (χ1v) is 5.91. The van der Waals surface area contributed by atoms with Gasteiger partial charge in [0, 0.05) is 30.4 Å². The number of benzene rings is 1. The van der Waals surface area contributed by atoms with Crippen LogP contribution in [-0.4, -0.2) is 21.4 Å². The molecule has 6 heteroatoms. The average Bonchev–Trinajstić information content (AvgIpc) is 2.39. The third kappa shape index (κ3) is 3.74. The third-order valence-electron chi connectivity index (χ3n) is 2.67. The molecule has 0 fully saturated rings. The summed E-state index contributed by atoms with van der Waals surface area (Å²) in [5, 5.41) is 13.7. The van der Waals surface area contributed by atoms with E-state index in [0.717, 1.165) is 23.5 Å². The number of anilines is 1. The number of nitrogens with zero attached hydrogens (tertiary/aromatic N) is 3. The highest BCUT2D eigenvalue weighted by Gasteiger charge is 2.03.